The Morgan fingerprint density at radius 2 is 1.79 bits per heavy atom. The van der Waals surface area contributed by atoms with Gasteiger partial charge < -0.3 is 14.5 Å². The lowest BCUT2D eigenvalue weighted by Gasteiger charge is -2.11. The quantitative estimate of drug-likeness (QED) is 0.528. The highest BCUT2D eigenvalue weighted by molar-refractivity contribution is 7.89. The summed E-state index contributed by atoms with van der Waals surface area (Å²) in [7, 11) is -1.66. The summed E-state index contributed by atoms with van der Waals surface area (Å²) in [5.74, 6) is 0.0151. The fourth-order valence-corrected chi connectivity index (χ4v) is 4.10. The Kier molecular flexibility index (Phi) is 4.76. The average Bonchev–Trinajstić information content (AvgIpc) is 3.03. The van der Waals surface area contributed by atoms with E-state index in [-0.39, 0.29) is 11.7 Å². The van der Waals surface area contributed by atoms with E-state index >= 15 is 0 Å². The Hall–Kier alpha value is -3.32. The van der Waals surface area contributed by atoms with Gasteiger partial charge in [-0.1, -0.05) is 30.3 Å². The molecule has 1 aromatic heterocycles. The third-order valence-electron chi connectivity index (χ3n) is 4.57. The first-order valence-corrected chi connectivity index (χ1v) is 11.0. The SMILES string of the molecule is COc1cc2c(cc1NC(=O)c1cccc(CS(C)(=O)=O)c1)oc1ccccc12. The van der Waals surface area contributed by atoms with Gasteiger partial charge in [0.1, 0.15) is 16.9 Å². The molecule has 148 valence electrons. The van der Waals surface area contributed by atoms with Gasteiger partial charge in [-0.3, -0.25) is 4.79 Å². The van der Waals surface area contributed by atoms with Crippen LogP contribution in [0, 0.1) is 0 Å². The molecule has 29 heavy (non-hydrogen) atoms. The van der Waals surface area contributed by atoms with Crippen LogP contribution in [0.1, 0.15) is 15.9 Å². The molecule has 0 saturated heterocycles. The second-order valence-corrected chi connectivity index (χ2v) is 9.01. The molecule has 7 heteroatoms. The van der Waals surface area contributed by atoms with E-state index < -0.39 is 9.84 Å². The number of amides is 1. The molecule has 6 nitrogen and oxygen atoms in total. The molecule has 1 amide bonds. The zero-order valence-corrected chi connectivity index (χ0v) is 16.7. The molecule has 0 atom stereocenters. The first kappa shape index (κ1) is 19.0. The summed E-state index contributed by atoms with van der Waals surface area (Å²) in [6, 6.07) is 17.8. The van der Waals surface area contributed by atoms with Crippen molar-refractivity contribution in [2.24, 2.45) is 0 Å². The van der Waals surface area contributed by atoms with Crippen molar-refractivity contribution in [1.29, 1.82) is 0 Å². The van der Waals surface area contributed by atoms with Crippen molar-refractivity contribution in [1.82, 2.24) is 0 Å². The summed E-state index contributed by atoms with van der Waals surface area (Å²) in [5.41, 5.74) is 2.77. The third kappa shape index (κ3) is 3.95. The molecule has 0 saturated carbocycles. The number of anilines is 1. The number of rotatable bonds is 5. The summed E-state index contributed by atoms with van der Waals surface area (Å²) in [5, 5.41) is 4.69. The van der Waals surface area contributed by atoms with Gasteiger partial charge in [-0.25, -0.2) is 8.42 Å². The molecule has 0 aliphatic carbocycles. The number of nitrogens with one attached hydrogen (secondary N) is 1. The maximum atomic E-state index is 12.8. The van der Waals surface area contributed by atoms with E-state index in [0.717, 1.165) is 22.6 Å². The Bertz CT molecular complexity index is 1340. The lowest BCUT2D eigenvalue weighted by molar-refractivity contribution is 0.102. The smallest absolute Gasteiger partial charge is 0.255 e. The van der Waals surface area contributed by atoms with E-state index in [2.05, 4.69) is 5.32 Å². The van der Waals surface area contributed by atoms with E-state index in [4.69, 9.17) is 9.15 Å². The molecule has 0 spiro atoms. The minimum absolute atomic E-state index is 0.123. The summed E-state index contributed by atoms with van der Waals surface area (Å²) in [6.45, 7) is 0. The normalized spacial score (nSPS) is 11.7. The van der Waals surface area contributed by atoms with Crippen LogP contribution in [0.5, 0.6) is 5.75 Å². The predicted molar refractivity (Wildman–Crippen MR) is 113 cm³/mol. The number of methoxy groups -OCH3 is 1. The number of hydrogen-bond acceptors (Lipinski definition) is 5. The van der Waals surface area contributed by atoms with Gasteiger partial charge in [-0.05, 0) is 29.8 Å². The monoisotopic (exact) mass is 409 g/mol. The molecule has 3 aromatic carbocycles. The van der Waals surface area contributed by atoms with Crippen LogP contribution in [0.4, 0.5) is 5.69 Å². The average molecular weight is 409 g/mol. The van der Waals surface area contributed by atoms with Crippen LogP contribution in [0.15, 0.2) is 65.1 Å². The zero-order chi connectivity index (χ0) is 20.6. The van der Waals surface area contributed by atoms with Crippen LogP contribution in [0.2, 0.25) is 0 Å². The van der Waals surface area contributed by atoms with Gasteiger partial charge in [0, 0.05) is 28.7 Å². The van der Waals surface area contributed by atoms with Crippen molar-refractivity contribution in [3.05, 3.63) is 71.8 Å². The number of carbonyl (C=O) groups is 1. The van der Waals surface area contributed by atoms with Gasteiger partial charge in [-0.2, -0.15) is 0 Å². The number of hydrogen-bond donors (Lipinski definition) is 1. The first-order valence-electron chi connectivity index (χ1n) is 8.91. The van der Waals surface area contributed by atoms with Crippen LogP contribution < -0.4 is 10.1 Å². The second-order valence-electron chi connectivity index (χ2n) is 6.87. The summed E-state index contributed by atoms with van der Waals surface area (Å²) < 4.78 is 34.4. The maximum Gasteiger partial charge on any atom is 0.255 e. The van der Waals surface area contributed by atoms with Crippen molar-refractivity contribution in [3.63, 3.8) is 0 Å². The molecule has 0 fully saturated rings. The Morgan fingerprint density at radius 3 is 2.55 bits per heavy atom. The predicted octanol–water partition coefficient (Wildman–Crippen LogP) is 4.39. The highest BCUT2D eigenvalue weighted by Gasteiger charge is 2.15. The standard InChI is InChI=1S/C22H19NO5S/c1-27-21-11-17-16-8-3-4-9-19(16)28-20(17)12-18(21)23-22(24)15-7-5-6-14(10-15)13-29(2,25)26/h3-12H,13H2,1-2H3,(H,23,24). The van der Waals surface area contributed by atoms with Gasteiger partial charge in [0.05, 0.1) is 18.6 Å². The van der Waals surface area contributed by atoms with E-state index in [0.29, 0.717) is 28.1 Å². The van der Waals surface area contributed by atoms with Crippen LogP contribution in [0.25, 0.3) is 21.9 Å². The lowest BCUT2D eigenvalue weighted by Crippen LogP contribution is -2.13. The number of sulfone groups is 1. The van der Waals surface area contributed by atoms with Gasteiger partial charge in [0.25, 0.3) is 5.91 Å². The number of carbonyl (C=O) groups excluding carboxylic acids is 1. The van der Waals surface area contributed by atoms with Crippen molar-refractivity contribution in [2.45, 2.75) is 5.75 Å². The molecule has 0 aliphatic rings. The molecule has 0 bridgehead atoms. The summed E-state index contributed by atoms with van der Waals surface area (Å²) >= 11 is 0. The lowest BCUT2D eigenvalue weighted by atomic mass is 10.1. The highest BCUT2D eigenvalue weighted by Crippen LogP contribution is 2.36. The second kappa shape index (κ2) is 7.25. The number of fused-ring (bicyclic) bond motifs is 3. The van der Waals surface area contributed by atoms with Crippen LogP contribution >= 0.6 is 0 Å². The van der Waals surface area contributed by atoms with E-state index in [1.807, 2.05) is 30.3 Å². The zero-order valence-electron chi connectivity index (χ0n) is 15.9. The molecule has 0 radical (unpaired) electrons. The number of furan rings is 1. The van der Waals surface area contributed by atoms with Gasteiger partial charge in [0.2, 0.25) is 0 Å². The molecular weight excluding hydrogens is 390 g/mol. The maximum absolute atomic E-state index is 12.8. The van der Waals surface area contributed by atoms with Crippen molar-refractivity contribution in [2.75, 3.05) is 18.7 Å². The van der Waals surface area contributed by atoms with Crippen LogP contribution in [-0.2, 0) is 15.6 Å². The van der Waals surface area contributed by atoms with Crippen molar-refractivity contribution < 1.29 is 22.4 Å². The summed E-state index contributed by atoms with van der Waals surface area (Å²) in [6.07, 6.45) is 1.16. The molecular formula is C22H19NO5S. The van der Waals surface area contributed by atoms with E-state index in [1.54, 1.807) is 30.3 Å². The first-order chi connectivity index (χ1) is 13.8. The molecule has 4 aromatic rings. The molecule has 1 heterocycles. The van der Waals surface area contributed by atoms with Crippen LogP contribution in [0.3, 0.4) is 0 Å². The van der Waals surface area contributed by atoms with Crippen LogP contribution in [-0.4, -0.2) is 27.7 Å². The van der Waals surface area contributed by atoms with Gasteiger partial charge in [0.15, 0.2) is 9.84 Å². The number of ether oxygens (including phenoxy) is 1. The number of para-hydroxylation sites is 1. The largest absolute Gasteiger partial charge is 0.495 e. The number of benzene rings is 3. The Morgan fingerprint density at radius 1 is 1.00 bits per heavy atom. The fourth-order valence-electron chi connectivity index (χ4n) is 3.32. The van der Waals surface area contributed by atoms with E-state index in [1.165, 1.54) is 7.11 Å². The fraction of sp³-hybridized carbons (Fsp3) is 0.136. The molecule has 1 N–H and O–H groups in total. The molecule has 4 rings (SSSR count). The third-order valence-corrected chi connectivity index (χ3v) is 5.42. The Balaban J connectivity index is 1.69. The topological polar surface area (TPSA) is 85.6 Å². The van der Waals surface area contributed by atoms with Gasteiger partial charge >= 0.3 is 0 Å². The van der Waals surface area contributed by atoms with Crippen molar-refractivity contribution >= 4 is 43.4 Å². The molecule has 0 unspecified atom stereocenters. The summed E-state index contributed by atoms with van der Waals surface area (Å²) in [4.78, 5) is 12.8. The van der Waals surface area contributed by atoms with E-state index in [9.17, 15) is 13.2 Å². The minimum Gasteiger partial charge on any atom is -0.495 e. The minimum atomic E-state index is -3.19. The van der Waals surface area contributed by atoms with Crippen molar-refractivity contribution in [3.8, 4) is 5.75 Å². The highest BCUT2D eigenvalue weighted by atomic mass is 32.2. The molecule has 0 aliphatic heterocycles. The van der Waals surface area contributed by atoms with Gasteiger partial charge in [-0.15, -0.1) is 0 Å². The Labute approximate surface area is 168 Å².